The maximum Gasteiger partial charge on any atom is 0.416 e. The number of anilines is 1. The molecule has 234 valence electrons. The Labute approximate surface area is 261 Å². The molecule has 4 aromatic carbocycles. The van der Waals surface area contributed by atoms with E-state index in [0.29, 0.717) is 40.7 Å². The van der Waals surface area contributed by atoms with Crippen LogP contribution in [0, 0.1) is 0 Å². The van der Waals surface area contributed by atoms with Crippen LogP contribution in [0.3, 0.4) is 0 Å². The Kier molecular flexibility index (Phi) is 8.14. The smallest absolute Gasteiger partial charge is 0.416 e. The SMILES string of the molecule is CC1c2cc(NC(=O)c3ccc(Oc4ccccc4)cc3)c(C(=O)O)cc2OC2=CC=C(COc3ccc(C(F)(F)F)cc3)N1C2. The van der Waals surface area contributed by atoms with Gasteiger partial charge in [0.05, 0.1) is 35.1 Å². The first-order chi connectivity index (χ1) is 22.0. The molecule has 2 N–H and O–H groups in total. The average Bonchev–Trinajstić information content (AvgIpc) is 3.14. The highest BCUT2D eigenvalue weighted by molar-refractivity contribution is 6.08. The van der Waals surface area contributed by atoms with Crippen LogP contribution in [0.4, 0.5) is 18.9 Å². The third-order valence-electron chi connectivity index (χ3n) is 7.61. The number of hydrogen-bond acceptors (Lipinski definition) is 6. The van der Waals surface area contributed by atoms with Crippen LogP contribution in [-0.4, -0.2) is 35.0 Å². The summed E-state index contributed by atoms with van der Waals surface area (Å²) in [5.41, 5.74) is 0.836. The van der Waals surface area contributed by atoms with Crippen molar-refractivity contribution in [1.29, 1.82) is 0 Å². The molecule has 0 radical (unpaired) electrons. The number of alkyl halides is 3. The van der Waals surface area contributed by atoms with Gasteiger partial charge in [0.2, 0.25) is 0 Å². The van der Waals surface area contributed by atoms with Crippen molar-refractivity contribution < 1.29 is 42.1 Å². The number of carboxylic acids is 1. The van der Waals surface area contributed by atoms with Crippen molar-refractivity contribution in [2.45, 2.75) is 19.1 Å². The number of nitrogens with one attached hydrogen (secondary N) is 1. The molecule has 0 aliphatic carbocycles. The standard InChI is InChI=1S/C35H27F3N2O6/c1-21-29-17-31(39-33(41)22-7-12-27(13-8-22)45-26-5-3-2-4-6-26)30(34(42)43)18-32(29)46-28-16-11-24(40(21)19-28)20-44-25-14-9-23(10-15-25)35(36,37)38/h2-18,21H,19-20H2,1H3,(H,39,41)(H,42,43). The fourth-order valence-electron chi connectivity index (χ4n) is 5.18. The first-order valence-electron chi connectivity index (χ1n) is 14.2. The van der Waals surface area contributed by atoms with Gasteiger partial charge in [-0.3, -0.25) is 4.79 Å². The van der Waals surface area contributed by atoms with Crippen molar-refractivity contribution in [2.24, 2.45) is 0 Å². The predicted octanol–water partition coefficient (Wildman–Crippen LogP) is 8.06. The maximum absolute atomic E-state index is 13.2. The number of allylic oxidation sites excluding steroid dienone is 2. The minimum absolute atomic E-state index is 0.0651. The van der Waals surface area contributed by atoms with E-state index in [2.05, 4.69) is 5.32 Å². The van der Waals surface area contributed by atoms with Gasteiger partial charge in [0.15, 0.2) is 0 Å². The number of carboxylic acid groups (broad SMARTS) is 1. The lowest BCUT2D eigenvalue weighted by Gasteiger charge is -2.33. The fourth-order valence-corrected chi connectivity index (χ4v) is 5.18. The van der Waals surface area contributed by atoms with Crippen LogP contribution in [-0.2, 0) is 6.18 Å². The zero-order valence-electron chi connectivity index (χ0n) is 24.4. The van der Waals surface area contributed by atoms with E-state index in [1.807, 2.05) is 42.2 Å². The van der Waals surface area contributed by atoms with Crippen LogP contribution in [0.5, 0.6) is 23.0 Å². The van der Waals surface area contributed by atoms with Crippen LogP contribution in [0.2, 0.25) is 0 Å². The summed E-state index contributed by atoms with van der Waals surface area (Å²) in [5.74, 6) is 0.595. The van der Waals surface area contributed by atoms with E-state index in [-0.39, 0.29) is 29.6 Å². The first kappa shape index (κ1) is 30.3. The van der Waals surface area contributed by atoms with E-state index in [1.165, 1.54) is 18.2 Å². The van der Waals surface area contributed by atoms with E-state index < -0.39 is 23.6 Å². The first-order valence-corrected chi connectivity index (χ1v) is 14.2. The van der Waals surface area contributed by atoms with Gasteiger partial charge in [-0.1, -0.05) is 18.2 Å². The molecule has 8 nitrogen and oxygen atoms in total. The number of ether oxygens (including phenoxy) is 3. The molecule has 4 aromatic rings. The van der Waals surface area contributed by atoms with E-state index in [9.17, 15) is 27.9 Å². The predicted molar refractivity (Wildman–Crippen MR) is 163 cm³/mol. The number of carbonyl (C=O) groups excluding carboxylic acids is 1. The topological polar surface area (TPSA) is 97.3 Å². The summed E-state index contributed by atoms with van der Waals surface area (Å²) in [6.07, 6.45) is -0.913. The van der Waals surface area contributed by atoms with Gasteiger partial charge in [-0.2, -0.15) is 13.2 Å². The second-order valence-corrected chi connectivity index (χ2v) is 10.6. The molecule has 2 aliphatic rings. The molecular formula is C35H27F3N2O6. The quantitative estimate of drug-likeness (QED) is 0.204. The molecule has 46 heavy (non-hydrogen) atoms. The lowest BCUT2D eigenvalue weighted by atomic mass is 10.0. The molecule has 0 saturated heterocycles. The van der Waals surface area contributed by atoms with Crippen LogP contribution in [0.25, 0.3) is 0 Å². The van der Waals surface area contributed by atoms with Crippen LogP contribution >= 0.6 is 0 Å². The summed E-state index contributed by atoms with van der Waals surface area (Å²) < 4.78 is 56.5. The number of hydrogen-bond donors (Lipinski definition) is 2. The Bertz CT molecular complexity index is 1840. The van der Waals surface area contributed by atoms with Gasteiger partial charge in [-0.15, -0.1) is 0 Å². The van der Waals surface area contributed by atoms with Crippen LogP contribution in [0.1, 0.15) is 44.8 Å². The van der Waals surface area contributed by atoms with Crippen molar-refractivity contribution in [3.63, 3.8) is 0 Å². The number of nitrogens with zero attached hydrogens (tertiary/aromatic N) is 1. The van der Waals surface area contributed by atoms with E-state index >= 15 is 0 Å². The molecule has 2 aliphatic heterocycles. The number of rotatable bonds is 8. The monoisotopic (exact) mass is 628 g/mol. The zero-order valence-corrected chi connectivity index (χ0v) is 24.4. The van der Waals surface area contributed by atoms with E-state index in [0.717, 1.165) is 17.8 Å². The second-order valence-electron chi connectivity index (χ2n) is 10.6. The van der Waals surface area contributed by atoms with Crippen LogP contribution < -0.4 is 19.5 Å². The van der Waals surface area contributed by atoms with E-state index in [1.54, 1.807) is 42.5 Å². The minimum Gasteiger partial charge on any atom is -0.487 e. The number of amides is 1. The Balaban J connectivity index is 1.20. The highest BCUT2D eigenvalue weighted by Gasteiger charge is 2.32. The number of fused-ring (bicyclic) bond motifs is 3. The number of aromatic carboxylic acids is 1. The lowest BCUT2D eigenvalue weighted by molar-refractivity contribution is -0.137. The second kappa shape index (κ2) is 12.4. The Hall–Kier alpha value is -5.71. The van der Waals surface area contributed by atoms with Gasteiger partial charge in [0.1, 0.15) is 35.4 Å². The molecule has 0 spiro atoms. The molecule has 11 heteroatoms. The third-order valence-corrected chi connectivity index (χ3v) is 7.61. The molecule has 1 atom stereocenters. The molecule has 2 heterocycles. The van der Waals surface area contributed by atoms with Crippen molar-refractivity contribution in [3.05, 3.63) is 137 Å². The lowest BCUT2D eigenvalue weighted by Crippen LogP contribution is -2.32. The van der Waals surface area contributed by atoms with Crippen molar-refractivity contribution in [1.82, 2.24) is 4.90 Å². The molecule has 0 saturated carbocycles. The Morgan fingerprint density at radius 1 is 0.935 bits per heavy atom. The fraction of sp³-hybridized carbons (Fsp3) is 0.143. The molecular weight excluding hydrogens is 601 g/mol. The zero-order chi connectivity index (χ0) is 32.4. The molecule has 1 amide bonds. The maximum atomic E-state index is 13.2. The normalized spacial score (nSPS) is 15.4. The van der Waals surface area contributed by atoms with Gasteiger partial charge in [-0.05, 0) is 91.9 Å². The number of benzene rings is 4. The van der Waals surface area contributed by atoms with Gasteiger partial charge in [-0.25, -0.2) is 4.79 Å². The third kappa shape index (κ3) is 6.53. The Morgan fingerprint density at radius 3 is 2.28 bits per heavy atom. The average molecular weight is 629 g/mol. The molecule has 0 fully saturated rings. The highest BCUT2D eigenvalue weighted by Crippen LogP contribution is 2.41. The van der Waals surface area contributed by atoms with Gasteiger partial charge >= 0.3 is 12.1 Å². The summed E-state index contributed by atoms with van der Waals surface area (Å²) >= 11 is 0. The molecule has 2 bridgehead atoms. The summed E-state index contributed by atoms with van der Waals surface area (Å²) in [4.78, 5) is 27.5. The molecule has 1 unspecified atom stereocenters. The summed E-state index contributed by atoms with van der Waals surface area (Å²) in [5, 5.41) is 12.7. The van der Waals surface area contributed by atoms with E-state index in [4.69, 9.17) is 14.2 Å². The van der Waals surface area contributed by atoms with Gasteiger partial charge in [0.25, 0.3) is 5.91 Å². The largest absolute Gasteiger partial charge is 0.487 e. The van der Waals surface area contributed by atoms with Gasteiger partial charge < -0.3 is 29.5 Å². The Morgan fingerprint density at radius 2 is 1.61 bits per heavy atom. The van der Waals surface area contributed by atoms with Crippen LogP contribution in [0.15, 0.2) is 115 Å². The number of carbonyl (C=O) groups is 2. The summed E-state index contributed by atoms with van der Waals surface area (Å²) in [6.45, 7) is 2.31. The highest BCUT2D eigenvalue weighted by atomic mass is 19.4. The van der Waals surface area contributed by atoms with Crippen molar-refractivity contribution in [3.8, 4) is 23.0 Å². The van der Waals surface area contributed by atoms with Crippen molar-refractivity contribution in [2.75, 3.05) is 18.5 Å². The minimum atomic E-state index is -4.44. The number of para-hydroxylation sites is 1. The number of halogens is 3. The molecule has 6 rings (SSSR count). The van der Waals surface area contributed by atoms with Gasteiger partial charge in [0, 0.05) is 11.1 Å². The molecule has 0 aromatic heterocycles. The summed E-state index contributed by atoms with van der Waals surface area (Å²) in [7, 11) is 0. The van der Waals surface area contributed by atoms with Crippen molar-refractivity contribution >= 4 is 17.6 Å². The summed E-state index contributed by atoms with van der Waals surface area (Å²) in [6, 6.07) is 22.7.